The van der Waals surface area contributed by atoms with Crippen molar-refractivity contribution in [1.29, 1.82) is 5.26 Å². The molecule has 2 aromatic carbocycles. The van der Waals surface area contributed by atoms with E-state index in [-0.39, 0.29) is 12.4 Å². The third kappa shape index (κ3) is 4.03. The van der Waals surface area contributed by atoms with E-state index in [2.05, 4.69) is 11.4 Å². The second kappa shape index (κ2) is 7.28. The second-order valence-electron chi connectivity index (χ2n) is 7.35. The standard InChI is InChI=1S/C21H22FN3O2/c1-20(13-16-6-3-2-4-7-16)14-21(15-23,10-11-25(20)19(26)27)24-18-9-5-8-17(22)12-18/h2-9,12,24H,10-11,13-14H2,1H3,(H,26,27)/t20-,21-/m1/s1. The van der Waals surface area contributed by atoms with Gasteiger partial charge in [-0.3, -0.25) is 0 Å². The maximum atomic E-state index is 13.5. The number of carbonyl (C=O) groups is 1. The molecule has 0 bridgehead atoms. The van der Waals surface area contributed by atoms with Gasteiger partial charge in [-0.25, -0.2) is 9.18 Å². The van der Waals surface area contributed by atoms with Crippen molar-refractivity contribution >= 4 is 11.8 Å². The molecule has 1 amide bonds. The monoisotopic (exact) mass is 367 g/mol. The van der Waals surface area contributed by atoms with Crippen molar-refractivity contribution in [2.75, 3.05) is 11.9 Å². The first-order valence-electron chi connectivity index (χ1n) is 8.85. The van der Waals surface area contributed by atoms with Crippen molar-refractivity contribution in [2.24, 2.45) is 0 Å². The molecule has 5 nitrogen and oxygen atoms in total. The molecule has 0 unspecified atom stereocenters. The molecule has 2 atom stereocenters. The third-order valence-corrected chi connectivity index (χ3v) is 5.18. The van der Waals surface area contributed by atoms with E-state index in [0.717, 1.165) is 5.56 Å². The van der Waals surface area contributed by atoms with Crippen LogP contribution in [0.2, 0.25) is 0 Å². The van der Waals surface area contributed by atoms with Crippen LogP contribution < -0.4 is 5.32 Å². The zero-order chi connectivity index (χ0) is 19.5. The largest absolute Gasteiger partial charge is 0.465 e. The highest BCUT2D eigenvalue weighted by atomic mass is 19.1. The van der Waals surface area contributed by atoms with Crippen LogP contribution in [0.15, 0.2) is 54.6 Å². The van der Waals surface area contributed by atoms with E-state index in [1.807, 2.05) is 37.3 Å². The molecule has 1 heterocycles. The number of piperidine rings is 1. The topological polar surface area (TPSA) is 76.4 Å². The molecular formula is C21H22FN3O2. The highest BCUT2D eigenvalue weighted by molar-refractivity contribution is 5.67. The summed E-state index contributed by atoms with van der Waals surface area (Å²) in [6.07, 6.45) is 0.130. The maximum Gasteiger partial charge on any atom is 0.407 e. The third-order valence-electron chi connectivity index (χ3n) is 5.18. The number of likely N-dealkylation sites (tertiary alicyclic amines) is 1. The van der Waals surface area contributed by atoms with Crippen molar-refractivity contribution in [3.05, 3.63) is 66.0 Å². The van der Waals surface area contributed by atoms with Crippen LogP contribution in [0.25, 0.3) is 0 Å². The van der Waals surface area contributed by atoms with E-state index in [1.165, 1.54) is 17.0 Å². The Hall–Kier alpha value is -3.07. The van der Waals surface area contributed by atoms with Crippen molar-refractivity contribution in [1.82, 2.24) is 4.90 Å². The Bertz CT molecular complexity index is 867. The van der Waals surface area contributed by atoms with Gasteiger partial charge in [0.25, 0.3) is 0 Å². The molecule has 1 saturated heterocycles. The van der Waals surface area contributed by atoms with Crippen LogP contribution >= 0.6 is 0 Å². The Kier molecular flexibility index (Phi) is 5.04. The average molecular weight is 367 g/mol. The van der Waals surface area contributed by atoms with Crippen molar-refractivity contribution in [3.8, 4) is 6.07 Å². The summed E-state index contributed by atoms with van der Waals surface area (Å²) < 4.78 is 13.5. The number of hydrogen-bond donors (Lipinski definition) is 2. The molecule has 1 fully saturated rings. The summed E-state index contributed by atoms with van der Waals surface area (Å²) in [5, 5.41) is 22.8. The summed E-state index contributed by atoms with van der Waals surface area (Å²) in [6, 6.07) is 17.9. The quantitative estimate of drug-likeness (QED) is 0.846. The van der Waals surface area contributed by atoms with Gasteiger partial charge in [0, 0.05) is 25.1 Å². The Balaban J connectivity index is 1.92. The molecule has 1 aliphatic heterocycles. The average Bonchev–Trinajstić information content (AvgIpc) is 2.62. The lowest BCUT2D eigenvalue weighted by Crippen LogP contribution is -2.62. The summed E-state index contributed by atoms with van der Waals surface area (Å²) in [5.41, 5.74) is -0.210. The van der Waals surface area contributed by atoms with Gasteiger partial charge in [-0.05, 0) is 37.1 Å². The van der Waals surface area contributed by atoms with E-state index >= 15 is 0 Å². The highest BCUT2D eigenvalue weighted by Crippen LogP contribution is 2.39. The summed E-state index contributed by atoms with van der Waals surface area (Å²) in [5.74, 6) is -0.386. The van der Waals surface area contributed by atoms with Gasteiger partial charge < -0.3 is 15.3 Å². The van der Waals surface area contributed by atoms with E-state index in [9.17, 15) is 19.6 Å². The first-order chi connectivity index (χ1) is 12.9. The normalized spacial score (nSPS) is 24.9. The van der Waals surface area contributed by atoms with Crippen LogP contribution in [0.4, 0.5) is 14.9 Å². The molecule has 3 rings (SSSR count). The Labute approximate surface area is 158 Å². The maximum absolute atomic E-state index is 13.5. The van der Waals surface area contributed by atoms with Gasteiger partial charge in [0.05, 0.1) is 11.6 Å². The molecule has 140 valence electrons. The van der Waals surface area contributed by atoms with Crippen LogP contribution in [-0.2, 0) is 6.42 Å². The lowest BCUT2D eigenvalue weighted by Gasteiger charge is -2.49. The summed E-state index contributed by atoms with van der Waals surface area (Å²) in [6.45, 7) is 2.10. The number of halogens is 1. The zero-order valence-corrected chi connectivity index (χ0v) is 15.2. The smallest absolute Gasteiger partial charge is 0.407 e. The van der Waals surface area contributed by atoms with Crippen LogP contribution in [0.3, 0.4) is 0 Å². The van der Waals surface area contributed by atoms with Gasteiger partial charge in [0.1, 0.15) is 11.4 Å². The fourth-order valence-corrected chi connectivity index (χ4v) is 4.00. The minimum absolute atomic E-state index is 0.231. The van der Waals surface area contributed by atoms with Gasteiger partial charge in [0.2, 0.25) is 0 Å². The molecule has 0 aliphatic carbocycles. The van der Waals surface area contributed by atoms with Crippen LogP contribution in [0.1, 0.15) is 25.3 Å². The predicted octanol–water partition coefficient (Wildman–Crippen LogP) is 4.28. The highest BCUT2D eigenvalue weighted by Gasteiger charge is 2.49. The minimum Gasteiger partial charge on any atom is -0.465 e. The zero-order valence-electron chi connectivity index (χ0n) is 15.2. The number of carboxylic acid groups (broad SMARTS) is 1. The molecule has 2 aromatic rings. The Morgan fingerprint density at radius 3 is 2.67 bits per heavy atom. The summed E-state index contributed by atoms with van der Waals surface area (Å²) >= 11 is 0. The number of nitrogens with zero attached hydrogens (tertiary/aromatic N) is 2. The van der Waals surface area contributed by atoms with Gasteiger partial charge in [-0.2, -0.15) is 5.26 Å². The van der Waals surface area contributed by atoms with Gasteiger partial charge in [-0.1, -0.05) is 36.4 Å². The molecule has 1 aliphatic rings. The first-order valence-corrected chi connectivity index (χ1v) is 8.85. The fraction of sp³-hybridized carbons (Fsp3) is 0.333. The number of nitriles is 1. The first kappa shape index (κ1) is 18.7. The predicted molar refractivity (Wildman–Crippen MR) is 101 cm³/mol. The molecule has 0 radical (unpaired) electrons. The number of nitrogens with one attached hydrogen (secondary N) is 1. The molecule has 0 saturated carbocycles. The van der Waals surface area contributed by atoms with Crippen LogP contribution in [0.5, 0.6) is 0 Å². The van der Waals surface area contributed by atoms with Crippen LogP contribution in [-0.4, -0.2) is 33.7 Å². The lowest BCUT2D eigenvalue weighted by molar-refractivity contribution is 0.0432. The number of hydrogen-bond acceptors (Lipinski definition) is 3. The Morgan fingerprint density at radius 1 is 1.30 bits per heavy atom. The summed E-state index contributed by atoms with van der Waals surface area (Å²) in [7, 11) is 0. The van der Waals surface area contributed by atoms with Crippen molar-refractivity contribution in [2.45, 2.75) is 37.3 Å². The van der Waals surface area contributed by atoms with E-state index in [4.69, 9.17) is 0 Å². The van der Waals surface area contributed by atoms with Crippen LogP contribution in [0, 0.1) is 17.1 Å². The Morgan fingerprint density at radius 2 is 2.04 bits per heavy atom. The van der Waals surface area contributed by atoms with Gasteiger partial charge in [-0.15, -0.1) is 0 Å². The number of amides is 1. The van der Waals surface area contributed by atoms with Crippen molar-refractivity contribution in [3.63, 3.8) is 0 Å². The van der Waals surface area contributed by atoms with Gasteiger partial charge in [0.15, 0.2) is 0 Å². The minimum atomic E-state index is -0.995. The van der Waals surface area contributed by atoms with E-state index < -0.39 is 17.2 Å². The molecule has 6 heteroatoms. The van der Waals surface area contributed by atoms with Crippen molar-refractivity contribution < 1.29 is 14.3 Å². The van der Waals surface area contributed by atoms with E-state index in [1.54, 1.807) is 12.1 Å². The molecule has 2 N–H and O–H groups in total. The SMILES string of the molecule is C[C@@]1(Cc2ccccc2)C[C@](C#N)(Nc2cccc(F)c2)CCN1C(=O)O. The molecule has 0 spiro atoms. The number of benzene rings is 2. The second-order valence-corrected chi connectivity index (χ2v) is 7.35. The fourth-order valence-electron chi connectivity index (χ4n) is 4.00. The molecule has 0 aromatic heterocycles. The number of anilines is 1. The molecule has 27 heavy (non-hydrogen) atoms. The van der Waals surface area contributed by atoms with Gasteiger partial charge >= 0.3 is 6.09 Å². The summed E-state index contributed by atoms with van der Waals surface area (Å²) in [4.78, 5) is 13.3. The molecular weight excluding hydrogens is 345 g/mol. The number of rotatable bonds is 4. The van der Waals surface area contributed by atoms with E-state index in [0.29, 0.717) is 24.9 Å². The lowest BCUT2D eigenvalue weighted by atomic mass is 9.74.